The van der Waals surface area contributed by atoms with Gasteiger partial charge >= 0.3 is 0 Å². The standard InChI is InChI=1S/C19H19N5O/c20-7-8-25-17-4-2-14(3-5-17)19-11-16(22-24-19)10-13-1-6-18-15(9-13)12-21-23-18/h1-6,9,12H,7-8,10-11,20H2,(H,21,23). The zero-order valence-electron chi connectivity index (χ0n) is 13.8. The van der Waals surface area contributed by atoms with Crippen molar-refractivity contribution in [1.82, 2.24) is 10.2 Å². The lowest BCUT2D eigenvalue weighted by Gasteiger charge is -2.06. The summed E-state index contributed by atoms with van der Waals surface area (Å²) in [6.07, 6.45) is 3.41. The smallest absolute Gasteiger partial charge is 0.119 e. The Bertz CT molecular complexity index is 940. The Balaban J connectivity index is 1.40. The van der Waals surface area contributed by atoms with Crippen LogP contribution in [0.5, 0.6) is 5.75 Å². The molecule has 0 atom stereocenters. The molecule has 0 amide bonds. The number of aromatic nitrogens is 2. The Morgan fingerprint density at radius 1 is 1.08 bits per heavy atom. The molecule has 6 heteroatoms. The Kier molecular flexibility index (Phi) is 4.26. The molecule has 2 aromatic carbocycles. The van der Waals surface area contributed by atoms with Crippen LogP contribution in [0.1, 0.15) is 17.5 Å². The van der Waals surface area contributed by atoms with E-state index >= 15 is 0 Å². The number of ether oxygens (including phenoxy) is 1. The van der Waals surface area contributed by atoms with Gasteiger partial charge in [0.2, 0.25) is 0 Å². The highest BCUT2D eigenvalue weighted by atomic mass is 16.5. The molecule has 0 bridgehead atoms. The molecule has 1 aliphatic heterocycles. The summed E-state index contributed by atoms with van der Waals surface area (Å²) in [6.45, 7) is 1.03. The first-order chi connectivity index (χ1) is 12.3. The molecule has 3 aromatic rings. The highest BCUT2D eigenvalue weighted by Crippen LogP contribution is 2.19. The third-order valence-electron chi connectivity index (χ3n) is 4.17. The summed E-state index contributed by atoms with van der Waals surface area (Å²) in [5.41, 5.74) is 10.8. The number of nitrogens with one attached hydrogen (secondary N) is 1. The third kappa shape index (κ3) is 3.44. The molecule has 4 rings (SSSR count). The molecule has 0 saturated carbocycles. The summed E-state index contributed by atoms with van der Waals surface area (Å²) in [7, 11) is 0. The first-order valence-electron chi connectivity index (χ1n) is 8.29. The number of H-pyrrole nitrogens is 1. The zero-order chi connectivity index (χ0) is 17.1. The molecule has 1 aliphatic rings. The summed E-state index contributed by atoms with van der Waals surface area (Å²) in [5, 5.41) is 16.9. The van der Waals surface area contributed by atoms with Crippen molar-refractivity contribution in [3.63, 3.8) is 0 Å². The molecular formula is C19H19N5O. The number of fused-ring (bicyclic) bond motifs is 1. The van der Waals surface area contributed by atoms with Gasteiger partial charge in [0.05, 0.1) is 23.1 Å². The predicted octanol–water partition coefficient (Wildman–Crippen LogP) is 2.69. The van der Waals surface area contributed by atoms with Gasteiger partial charge in [-0.2, -0.15) is 15.3 Å². The predicted molar refractivity (Wildman–Crippen MR) is 99.4 cm³/mol. The minimum atomic E-state index is 0.510. The van der Waals surface area contributed by atoms with E-state index < -0.39 is 0 Å². The molecule has 25 heavy (non-hydrogen) atoms. The van der Waals surface area contributed by atoms with Crippen LogP contribution in [-0.2, 0) is 6.42 Å². The summed E-state index contributed by atoms with van der Waals surface area (Å²) >= 11 is 0. The summed E-state index contributed by atoms with van der Waals surface area (Å²) in [4.78, 5) is 0. The van der Waals surface area contributed by atoms with Gasteiger partial charge < -0.3 is 10.5 Å². The Morgan fingerprint density at radius 2 is 1.96 bits per heavy atom. The number of aromatic amines is 1. The highest BCUT2D eigenvalue weighted by molar-refractivity contribution is 6.15. The quantitative estimate of drug-likeness (QED) is 0.727. The fourth-order valence-corrected chi connectivity index (χ4v) is 2.91. The van der Waals surface area contributed by atoms with Crippen molar-refractivity contribution in [2.75, 3.05) is 13.2 Å². The molecule has 0 aliphatic carbocycles. The molecule has 6 nitrogen and oxygen atoms in total. The van der Waals surface area contributed by atoms with E-state index in [4.69, 9.17) is 10.5 Å². The molecule has 0 fully saturated rings. The minimum absolute atomic E-state index is 0.510. The van der Waals surface area contributed by atoms with Crippen LogP contribution in [0.2, 0.25) is 0 Å². The van der Waals surface area contributed by atoms with E-state index in [2.05, 4.69) is 38.6 Å². The van der Waals surface area contributed by atoms with Crippen molar-refractivity contribution < 1.29 is 4.74 Å². The van der Waals surface area contributed by atoms with Crippen LogP contribution in [0, 0.1) is 0 Å². The van der Waals surface area contributed by atoms with Gasteiger partial charge in [0.1, 0.15) is 12.4 Å². The fraction of sp³-hybridized carbons (Fsp3) is 0.211. The van der Waals surface area contributed by atoms with Gasteiger partial charge in [0.15, 0.2) is 0 Å². The average Bonchev–Trinajstić information content (AvgIpc) is 3.29. The summed E-state index contributed by atoms with van der Waals surface area (Å²) in [5.74, 6) is 0.822. The van der Waals surface area contributed by atoms with Gasteiger partial charge in [0, 0.05) is 24.8 Å². The topological polar surface area (TPSA) is 88.6 Å². The molecule has 0 spiro atoms. The number of hydrogen-bond acceptors (Lipinski definition) is 5. The largest absolute Gasteiger partial charge is 0.492 e. The van der Waals surface area contributed by atoms with E-state index in [0.29, 0.717) is 13.2 Å². The molecular weight excluding hydrogens is 314 g/mol. The maximum absolute atomic E-state index is 5.50. The van der Waals surface area contributed by atoms with Crippen molar-refractivity contribution >= 4 is 22.3 Å². The van der Waals surface area contributed by atoms with Gasteiger partial charge in [0.25, 0.3) is 0 Å². The second-order valence-electron chi connectivity index (χ2n) is 6.02. The molecule has 3 N–H and O–H groups in total. The van der Waals surface area contributed by atoms with Gasteiger partial charge in [-0.25, -0.2) is 0 Å². The van der Waals surface area contributed by atoms with E-state index in [1.807, 2.05) is 30.5 Å². The average molecular weight is 333 g/mol. The Morgan fingerprint density at radius 3 is 2.80 bits per heavy atom. The van der Waals surface area contributed by atoms with E-state index in [1.165, 1.54) is 5.56 Å². The van der Waals surface area contributed by atoms with Crippen molar-refractivity contribution in [3.05, 3.63) is 59.8 Å². The van der Waals surface area contributed by atoms with Crippen molar-refractivity contribution in [3.8, 4) is 5.75 Å². The SMILES string of the molecule is NCCOc1ccc(C2=NN=C(Cc3ccc4[nH]ncc4c3)C2)cc1. The number of nitrogens with two attached hydrogens (primary N) is 1. The fourth-order valence-electron chi connectivity index (χ4n) is 2.91. The monoisotopic (exact) mass is 333 g/mol. The third-order valence-corrected chi connectivity index (χ3v) is 4.17. The van der Waals surface area contributed by atoms with Crippen LogP contribution < -0.4 is 10.5 Å². The second-order valence-corrected chi connectivity index (χ2v) is 6.02. The Hall–Kier alpha value is -2.99. The lowest BCUT2D eigenvalue weighted by atomic mass is 10.0. The number of nitrogens with zero attached hydrogens (tertiary/aromatic N) is 3. The maximum atomic E-state index is 5.50. The summed E-state index contributed by atoms with van der Waals surface area (Å²) < 4.78 is 5.50. The minimum Gasteiger partial charge on any atom is -0.492 e. The van der Waals surface area contributed by atoms with Crippen LogP contribution in [0.15, 0.2) is 58.9 Å². The van der Waals surface area contributed by atoms with Gasteiger partial charge in [-0.1, -0.05) is 6.07 Å². The Labute approximate surface area is 145 Å². The van der Waals surface area contributed by atoms with Crippen LogP contribution in [0.4, 0.5) is 0 Å². The molecule has 2 heterocycles. The van der Waals surface area contributed by atoms with Crippen LogP contribution in [0.3, 0.4) is 0 Å². The molecule has 1 aromatic heterocycles. The van der Waals surface area contributed by atoms with Crippen LogP contribution in [-0.4, -0.2) is 34.8 Å². The second kappa shape index (κ2) is 6.86. The molecule has 0 radical (unpaired) electrons. The van der Waals surface area contributed by atoms with Crippen molar-refractivity contribution in [2.24, 2.45) is 15.9 Å². The molecule has 0 unspecified atom stereocenters. The summed E-state index contributed by atoms with van der Waals surface area (Å²) in [6, 6.07) is 14.2. The van der Waals surface area contributed by atoms with Crippen LogP contribution in [0.25, 0.3) is 10.9 Å². The number of benzene rings is 2. The van der Waals surface area contributed by atoms with E-state index in [-0.39, 0.29) is 0 Å². The zero-order valence-corrected chi connectivity index (χ0v) is 13.8. The molecule has 126 valence electrons. The molecule has 0 saturated heterocycles. The first-order valence-corrected chi connectivity index (χ1v) is 8.29. The lowest BCUT2D eigenvalue weighted by molar-refractivity contribution is 0.328. The maximum Gasteiger partial charge on any atom is 0.119 e. The van der Waals surface area contributed by atoms with Crippen LogP contribution >= 0.6 is 0 Å². The van der Waals surface area contributed by atoms with Gasteiger partial charge in [-0.05, 0) is 47.5 Å². The lowest BCUT2D eigenvalue weighted by Crippen LogP contribution is -2.10. The van der Waals surface area contributed by atoms with Gasteiger partial charge in [-0.15, -0.1) is 0 Å². The van der Waals surface area contributed by atoms with Crippen molar-refractivity contribution in [2.45, 2.75) is 12.8 Å². The first kappa shape index (κ1) is 15.5. The van der Waals surface area contributed by atoms with E-state index in [9.17, 15) is 0 Å². The number of rotatable bonds is 6. The van der Waals surface area contributed by atoms with Gasteiger partial charge in [-0.3, -0.25) is 5.10 Å². The van der Waals surface area contributed by atoms with E-state index in [1.54, 1.807) is 0 Å². The highest BCUT2D eigenvalue weighted by Gasteiger charge is 2.15. The normalized spacial score (nSPS) is 13.8. The van der Waals surface area contributed by atoms with E-state index in [0.717, 1.165) is 46.5 Å². The van der Waals surface area contributed by atoms with Crippen molar-refractivity contribution in [1.29, 1.82) is 0 Å². The number of hydrogen-bond donors (Lipinski definition) is 2.